The molecule has 1 aliphatic carbocycles. The average Bonchev–Trinajstić information content (AvgIpc) is 2.67. The van der Waals surface area contributed by atoms with E-state index in [2.05, 4.69) is 39.8 Å². The van der Waals surface area contributed by atoms with Crippen molar-refractivity contribution in [3.05, 3.63) is 11.8 Å². The normalized spacial score (nSPS) is 20.5. The second kappa shape index (κ2) is 5.07. The maximum atomic E-state index is 11.6. The van der Waals surface area contributed by atoms with E-state index in [1.54, 1.807) is 6.08 Å². The number of nitrogens with one attached hydrogen (secondary N) is 2. The smallest absolute Gasteiger partial charge is 0.267 e. The van der Waals surface area contributed by atoms with Crippen LogP contribution in [0.15, 0.2) is 11.8 Å². The van der Waals surface area contributed by atoms with E-state index in [0.717, 1.165) is 18.5 Å². The van der Waals surface area contributed by atoms with Crippen molar-refractivity contribution in [3.63, 3.8) is 0 Å². The summed E-state index contributed by atoms with van der Waals surface area (Å²) in [5.74, 6) is 1.61. The number of hydrogen-bond donors (Lipinski definition) is 2. The molecular formula is C11H17N5O. The van der Waals surface area contributed by atoms with Gasteiger partial charge in [0.2, 0.25) is 0 Å². The number of carbonyl (C=O) groups excluding carboxylic acids is 1. The van der Waals surface area contributed by atoms with Gasteiger partial charge >= 0.3 is 0 Å². The number of tetrazole rings is 1. The van der Waals surface area contributed by atoms with Gasteiger partial charge in [0.05, 0.1) is 0 Å². The van der Waals surface area contributed by atoms with E-state index >= 15 is 0 Å². The zero-order valence-corrected chi connectivity index (χ0v) is 10.1. The van der Waals surface area contributed by atoms with Crippen molar-refractivity contribution in [2.45, 2.75) is 33.1 Å². The topological polar surface area (TPSA) is 83.6 Å². The van der Waals surface area contributed by atoms with E-state index in [1.807, 2.05) is 0 Å². The van der Waals surface area contributed by atoms with E-state index in [0.29, 0.717) is 24.2 Å². The van der Waals surface area contributed by atoms with Gasteiger partial charge in [0, 0.05) is 18.2 Å². The molecule has 0 fully saturated rings. The van der Waals surface area contributed by atoms with Crippen LogP contribution in [0.2, 0.25) is 0 Å². The first-order valence-electron chi connectivity index (χ1n) is 5.87. The lowest BCUT2D eigenvalue weighted by atomic mass is 9.85. The molecular weight excluding hydrogens is 218 g/mol. The summed E-state index contributed by atoms with van der Waals surface area (Å²) in [6.07, 6.45) is 4.23. The Morgan fingerprint density at radius 3 is 3.00 bits per heavy atom. The van der Waals surface area contributed by atoms with Gasteiger partial charge in [0.1, 0.15) is 0 Å². The predicted octanol–water partition coefficient (Wildman–Crippen LogP) is 1.52. The molecule has 1 heterocycles. The number of rotatable bonds is 4. The molecule has 0 radical (unpaired) electrons. The maximum Gasteiger partial charge on any atom is 0.267 e. The van der Waals surface area contributed by atoms with Gasteiger partial charge in [0.15, 0.2) is 5.78 Å². The fourth-order valence-electron chi connectivity index (χ4n) is 2.26. The third-order valence-electron chi connectivity index (χ3n) is 2.76. The van der Waals surface area contributed by atoms with Crippen molar-refractivity contribution in [1.29, 1.82) is 0 Å². The summed E-state index contributed by atoms with van der Waals surface area (Å²) in [4.78, 5) is 11.6. The molecule has 0 bridgehead atoms. The van der Waals surface area contributed by atoms with Crippen molar-refractivity contribution >= 4 is 11.7 Å². The fraction of sp³-hybridized carbons (Fsp3) is 0.636. The first kappa shape index (κ1) is 11.8. The minimum atomic E-state index is 0.174. The predicted molar refractivity (Wildman–Crippen MR) is 63.1 cm³/mol. The molecule has 1 atom stereocenters. The van der Waals surface area contributed by atoms with E-state index in [4.69, 9.17) is 0 Å². The van der Waals surface area contributed by atoms with Crippen molar-refractivity contribution < 1.29 is 4.79 Å². The Morgan fingerprint density at radius 2 is 2.35 bits per heavy atom. The highest BCUT2D eigenvalue weighted by atomic mass is 16.1. The van der Waals surface area contributed by atoms with Crippen molar-refractivity contribution in [2.24, 2.45) is 11.8 Å². The average molecular weight is 235 g/mol. The Hall–Kier alpha value is -1.72. The summed E-state index contributed by atoms with van der Waals surface area (Å²) in [6.45, 7) is 4.35. The third-order valence-corrected chi connectivity index (χ3v) is 2.76. The molecule has 1 aromatic rings. The quantitative estimate of drug-likeness (QED) is 0.826. The Morgan fingerprint density at radius 1 is 1.53 bits per heavy atom. The Kier molecular flexibility index (Phi) is 3.51. The number of ketones is 1. The maximum absolute atomic E-state index is 11.6. The lowest BCUT2D eigenvalue weighted by Crippen LogP contribution is -2.19. The van der Waals surface area contributed by atoms with Gasteiger partial charge in [-0.2, -0.15) is 5.21 Å². The number of aromatic amines is 1. The van der Waals surface area contributed by atoms with Crippen LogP contribution in [0.25, 0.3) is 0 Å². The summed E-state index contributed by atoms with van der Waals surface area (Å²) in [6, 6.07) is 0. The highest BCUT2D eigenvalue weighted by molar-refractivity contribution is 5.91. The standard InChI is InChI=1S/C11H17N5O/c1-7(2)3-8-4-9(6-10(17)5-8)12-11-13-15-16-14-11/h6-8H,3-5H2,1-2H3,(H2,12,13,14,15,16). The van der Waals surface area contributed by atoms with Gasteiger partial charge in [-0.3, -0.25) is 4.79 Å². The van der Waals surface area contributed by atoms with Gasteiger partial charge in [-0.05, 0) is 29.9 Å². The Balaban J connectivity index is 2.00. The number of carbonyl (C=O) groups is 1. The van der Waals surface area contributed by atoms with E-state index in [9.17, 15) is 4.79 Å². The summed E-state index contributed by atoms with van der Waals surface area (Å²) < 4.78 is 0. The number of hydrogen-bond acceptors (Lipinski definition) is 5. The van der Waals surface area contributed by atoms with Crippen molar-refractivity contribution in [1.82, 2.24) is 20.6 Å². The van der Waals surface area contributed by atoms with Gasteiger partial charge < -0.3 is 5.32 Å². The van der Waals surface area contributed by atoms with E-state index < -0.39 is 0 Å². The minimum absolute atomic E-state index is 0.174. The Labute approximate surface area is 99.9 Å². The molecule has 92 valence electrons. The first-order chi connectivity index (χ1) is 8.13. The zero-order chi connectivity index (χ0) is 12.3. The molecule has 17 heavy (non-hydrogen) atoms. The molecule has 0 aromatic carbocycles. The van der Waals surface area contributed by atoms with Crippen molar-refractivity contribution in [2.75, 3.05) is 5.32 Å². The molecule has 0 spiro atoms. The molecule has 6 heteroatoms. The lowest BCUT2D eigenvalue weighted by molar-refractivity contribution is -0.116. The van der Waals surface area contributed by atoms with Crippen LogP contribution in [-0.2, 0) is 4.79 Å². The molecule has 2 rings (SSSR count). The summed E-state index contributed by atoms with van der Waals surface area (Å²) >= 11 is 0. The largest absolute Gasteiger partial charge is 0.325 e. The fourth-order valence-corrected chi connectivity index (χ4v) is 2.26. The summed E-state index contributed by atoms with van der Waals surface area (Å²) in [5.41, 5.74) is 0.883. The molecule has 0 saturated heterocycles. The van der Waals surface area contributed by atoms with Crippen LogP contribution >= 0.6 is 0 Å². The van der Waals surface area contributed by atoms with Crippen LogP contribution < -0.4 is 5.32 Å². The number of anilines is 1. The van der Waals surface area contributed by atoms with Crippen LogP contribution in [0, 0.1) is 11.8 Å². The Bertz CT molecular complexity index is 410. The molecule has 1 unspecified atom stereocenters. The van der Waals surface area contributed by atoms with Crippen LogP contribution in [0.3, 0.4) is 0 Å². The molecule has 1 aromatic heterocycles. The van der Waals surface area contributed by atoms with Crippen LogP contribution in [0.4, 0.5) is 5.95 Å². The highest BCUT2D eigenvalue weighted by Gasteiger charge is 2.22. The van der Waals surface area contributed by atoms with Gasteiger partial charge in [-0.15, -0.1) is 5.10 Å². The molecule has 2 N–H and O–H groups in total. The summed E-state index contributed by atoms with van der Waals surface area (Å²) in [5, 5.41) is 16.5. The number of H-pyrrole nitrogens is 1. The third kappa shape index (κ3) is 3.37. The minimum Gasteiger partial charge on any atom is -0.325 e. The van der Waals surface area contributed by atoms with E-state index in [1.165, 1.54) is 0 Å². The second-order valence-corrected chi connectivity index (χ2v) is 4.90. The van der Waals surface area contributed by atoms with Crippen LogP contribution in [0.5, 0.6) is 0 Å². The van der Waals surface area contributed by atoms with E-state index in [-0.39, 0.29) is 5.78 Å². The monoisotopic (exact) mass is 235 g/mol. The SMILES string of the molecule is CC(C)CC1CC(=O)C=C(Nc2nn[nH]n2)C1. The molecule has 0 saturated carbocycles. The molecule has 1 aliphatic rings. The number of nitrogens with zero attached hydrogens (tertiary/aromatic N) is 3. The second-order valence-electron chi connectivity index (χ2n) is 4.90. The molecule has 6 nitrogen and oxygen atoms in total. The highest BCUT2D eigenvalue weighted by Crippen LogP contribution is 2.27. The molecule has 0 amide bonds. The number of aromatic nitrogens is 4. The van der Waals surface area contributed by atoms with Gasteiger partial charge in [-0.25, -0.2) is 0 Å². The number of allylic oxidation sites excluding steroid dienone is 2. The van der Waals surface area contributed by atoms with Crippen molar-refractivity contribution in [3.8, 4) is 0 Å². The van der Waals surface area contributed by atoms with Gasteiger partial charge in [0.25, 0.3) is 5.95 Å². The molecule has 0 aliphatic heterocycles. The van der Waals surface area contributed by atoms with Crippen LogP contribution in [0.1, 0.15) is 33.1 Å². The lowest BCUT2D eigenvalue weighted by Gasteiger charge is -2.23. The van der Waals surface area contributed by atoms with Gasteiger partial charge in [-0.1, -0.05) is 18.9 Å². The zero-order valence-electron chi connectivity index (χ0n) is 10.1. The van der Waals surface area contributed by atoms with Crippen LogP contribution in [-0.4, -0.2) is 26.4 Å². The first-order valence-corrected chi connectivity index (χ1v) is 5.87. The summed E-state index contributed by atoms with van der Waals surface area (Å²) in [7, 11) is 0.